The molecule has 7 nitrogen and oxygen atoms in total. The molecule has 0 aliphatic carbocycles. The van der Waals surface area contributed by atoms with Crippen molar-refractivity contribution in [2.45, 2.75) is 26.5 Å². The second-order valence-corrected chi connectivity index (χ2v) is 10.4. The number of hydrogen-bond donors (Lipinski definition) is 2. The minimum atomic E-state index is -0.600. The summed E-state index contributed by atoms with van der Waals surface area (Å²) in [5.74, 6) is 0.851. The topological polar surface area (TPSA) is 81.1 Å². The number of allylic oxidation sites excluding steroid dienone is 1. The van der Waals surface area contributed by atoms with E-state index in [2.05, 4.69) is 36.6 Å². The van der Waals surface area contributed by atoms with Gasteiger partial charge in [-0.15, -0.1) is 0 Å². The molecule has 0 saturated heterocycles. The predicted molar refractivity (Wildman–Crippen MR) is 149 cm³/mol. The van der Waals surface area contributed by atoms with Crippen molar-refractivity contribution in [3.05, 3.63) is 109 Å². The molecule has 1 unspecified atom stereocenters. The molecule has 0 bridgehead atoms. The van der Waals surface area contributed by atoms with Crippen LogP contribution in [0.25, 0.3) is 0 Å². The Bertz CT molecular complexity index is 1520. The van der Waals surface area contributed by atoms with E-state index in [0.29, 0.717) is 38.7 Å². The lowest BCUT2D eigenvalue weighted by atomic mass is 9.94. The van der Waals surface area contributed by atoms with Crippen molar-refractivity contribution in [3.8, 4) is 5.75 Å². The lowest BCUT2D eigenvalue weighted by Crippen LogP contribution is -2.31. The molecule has 1 aliphatic heterocycles. The number of carbonyl (C=O) groups excluding carboxylic acids is 1. The lowest BCUT2D eigenvalue weighted by Gasteiger charge is -2.30. The average Bonchev–Trinajstić information content (AvgIpc) is 3.32. The number of nitrogens with zero attached hydrogens (tertiary/aromatic N) is 3. The van der Waals surface area contributed by atoms with E-state index >= 15 is 0 Å². The van der Waals surface area contributed by atoms with Gasteiger partial charge in [0.25, 0.3) is 5.91 Å². The van der Waals surface area contributed by atoms with Crippen LogP contribution in [0.4, 0.5) is 11.6 Å². The van der Waals surface area contributed by atoms with Gasteiger partial charge < -0.3 is 15.4 Å². The molecule has 0 spiro atoms. The Labute approximate surface area is 232 Å². The first-order valence-electron chi connectivity index (χ1n) is 11.4. The summed E-state index contributed by atoms with van der Waals surface area (Å²) < 4.78 is 8.76. The van der Waals surface area contributed by atoms with Crippen LogP contribution in [-0.4, -0.2) is 20.7 Å². The average molecular weight is 599 g/mol. The highest BCUT2D eigenvalue weighted by molar-refractivity contribution is 9.10. The fourth-order valence-electron chi connectivity index (χ4n) is 4.17. The SMILES string of the molecule is CC1=C(C(=O)Nc2ccc(C)cc2)C(c2cc(Br)ccc2OCc2ccc(Cl)cc2Cl)n2ncnc2N1. The Morgan fingerprint density at radius 1 is 1.11 bits per heavy atom. The van der Waals surface area contributed by atoms with Gasteiger partial charge in [0.2, 0.25) is 5.95 Å². The normalized spacial score (nSPS) is 14.7. The Kier molecular flexibility index (Phi) is 7.24. The first-order chi connectivity index (χ1) is 17.8. The highest BCUT2D eigenvalue weighted by Gasteiger charge is 2.35. The zero-order chi connectivity index (χ0) is 26.1. The molecular weight excluding hydrogens is 577 g/mol. The third-order valence-corrected chi connectivity index (χ3v) is 7.09. The smallest absolute Gasteiger partial charge is 0.255 e. The first-order valence-corrected chi connectivity index (χ1v) is 13.0. The second-order valence-electron chi connectivity index (χ2n) is 8.62. The van der Waals surface area contributed by atoms with Gasteiger partial charge in [0.15, 0.2) is 0 Å². The summed E-state index contributed by atoms with van der Waals surface area (Å²) in [6, 6.07) is 18.0. The van der Waals surface area contributed by atoms with E-state index < -0.39 is 6.04 Å². The molecule has 2 N–H and O–H groups in total. The molecule has 0 radical (unpaired) electrons. The number of rotatable bonds is 6. The Hall–Kier alpha value is -3.33. The maximum Gasteiger partial charge on any atom is 0.255 e. The number of halogens is 3. The molecule has 0 fully saturated rings. The van der Waals surface area contributed by atoms with Crippen LogP contribution in [0.15, 0.2) is 82.7 Å². The highest BCUT2D eigenvalue weighted by Crippen LogP contribution is 2.40. The second kappa shape index (κ2) is 10.6. The monoisotopic (exact) mass is 597 g/mol. The van der Waals surface area contributed by atoms with Crippen molar-refractivity contribution in [2.75, 3.05) is 10.6 Å². The number of carbonyl (C=O) groups is 1. The van der Waals surface area contributed by atoms with Crippen LogP contribution in [0.5, 0.6) is 5.75 Å². The number of nitrogens with one attached hydrogen (secondary N) is 2. The van der Waals surface area contributed by atoms with Crippen LogP contribution in [0.2, 0.25) is 10.0 Å². The Morgan fingerprint density at radius 2 is 1.89 bits per heavy atom. The number of aryl methyl sites for hydroxylation is 1. The van der Waals surface area contributed by atoms with Gasteiger partial charge in [-0.2, -0.15) is 10.1 Å². The van der Waals surface area contributed by atoms with E-state index in [1.807, 2.05) is 62.4 Å². The summed E-state index contributed by atoms with van der Waals surface area (Å²) in [4.78, 5) is 18.0. The van der Waals surface area contributed by atoms with Gasteiger partial charge in [-0.1, -0.05) is 62.9 Å². The van der Waals surface area contributed by atoms with E-state index in [1.54, 1.807) is 16.8 Å². The minimum Gasteiger partial charge on any atom is -0.488 e. The van der Waals surface area contributed by atoms with Crippen LogP contribution < -0.4 is 15.4 Å². The molecule has 2 heterocycles. The van der Waals surface area contributed by atoms with Gasteiger partial charge >= 0.3 is 0 Å². The molecule has 37 heavy (non-hydrogen) atoms. The number of fused-ring (bicyclic) bond motifs is 1. The number of benzene rings is 3. The van der Waals surface area contributed by atoms with Crippen molar-refractivity contribution in [1.82, 2.24) is 14.8 Å². The summed E-state index contributed by atoms with van der Waals surface area (Å²) in [6.07, 6.45) is 1.45. The van der Waals surface area contributed by atoms with Crippen molar-refractivity contribution in [3.63, 3.8) is 0 Å². The molecular formula is C27H22BrCl2N5O2. The van der Waals surface area contributed by atoms with Crippen LogP contribution in [-0.2, 0) is 11.4 Å². The predicted octanol–water partition coefficient (Wildman–Crippen LogP) is 7.16. The third kappa shape index (κ3) is 5.37. The van der Waals surface area contributed by atoms with Gasteiger partial charge in [-0.3, -0.25) is 4.79 Å². The van der Waals surface area contributed by atoms with Crippen LogP contribution in [0.1, 0.15) is 29.7 Å². The van der Waals surface area contributed by atoms with Crippen LogP contribution in [0.3, 0.4) is 0 Å². The van der Waals surface area contributed by atoms with Crippen molar-refractivity contribution >= 4 is 56.7 Å². The molecule has 1 atom stereocenters. The number of aromatic nitrogens is 3. The van der Waals surface area contributed by atoms with Crippen LogP contribution in [0, 0.1) is 6.92 Å². The van der Waals surface area contributed by atoms with Gasteiger partial charge in [-0.25, -0.2) is 4.68 Å². The highest BCUT2D eigenvalue weighted by atomic mass is 79.9. The summed E-state index contributed by atoms with van der Waals surface area (Å²) in [5.41, 5.74) is 4.49. The molecule has 1 aliphatic rings. The van der Waals surface area contributed by atoms with E-state index in [9.17, 15) is 4.79 Å². The molecule has 3 aromatic carbocycles. The lowest BCUT2D eigenvalue weighted by molar-refractivity contribution is -0.113. The van der Waals surface area contributed by atoms with Crippen molar-refractivity contribution < 1.29 is 9.53 Å². The summed E-state index contributed by atoms with van der Waals surface area (Å²) in [6.45, 7) is 4.06. The molecule has 1 aromatic heterocycles. The Balaban J connectivity index is 1.54. The van der Waals surface area contributed by atoms with Gasteiger partial charge in [0.05, 0.1) is 5.57 Å². The summed E-state index contributed by atoms with van der Waals surface area (Å²) >= 11 is 16.0. The van der Waals surface area contributed by atoms with E-state index in [0.717, 1.165) is 21.2 Å². The molecule has 4 aromatic rings. The third-order valence-electron chi connectivity index (χ3n) is 6.01. The molecule has 10 heteroatoms. The van der Waals surface area contributed by atoms with Crippen molar-refractivity contribution in [2.24, 2.45) is 0 Å². The fraction of sp³-hybridized carbons (Fsp3) is 0.148. The summed E-state index contributed by atoms with van der Waals surface area (Å²) in [7, 11) is 0. The van der Waals surface area contributed by atoms with Gasteiger partial charge in [0, 0.05) is 37.0 Å². The maximum atomic E-state index is 13.7. The molecule has 5 rings (SSSR count). The van der Waals surface area contributed by atoms with E-state index in [1.165, 1.54) is 6.33 Å². The number of ether oxygens (including phenoxy) is 1. The van der Waals surface area contributed by atoms with E-state index in [-0.39, 0.29) is 12.5 Å². The van der Waals surface area contributed by atoms with E-state index in [4.69, 9.17) is 27.9 Å². The number of anilines is 2. The summed E-state index contributed by atoms with van der Waals surface area (Å²) in [5, 5.41) is 11.7. The van der Waals surface area contributed by atoms with Gasteiger partial charge in [-0.05, 0) is 56.3 Å². The largest absolute Gasteiger partial charge is 0.488 e. The van der Waals surface area contributed by atoms with Gasteiger partial charge in [0.1, 0.15) is 24.7 Å². The van der Waals surface area contributed by atoms with Crippen LogP contribution >= 0.6 is 39.1 Å². The number of hydrogen-bond acceptors (Lipinski definition) is 5. The quantitative estimate of drug-likeness (QED) is 0.246. The van der Waals surface area contributed by atoms with Crippen molar-refractivity contribution in [1.29, 1.82) is 0 Å². The zero-order valence-corrected chi connectivity index (χ0v) is 23.0. The first kappa shape index (κ1) is 25.3. The molecule has 0 saturated carbocycles. The molecule has 1 amide bonds. The zero-order valence-electron chi connectivity index (χ0n) is 19.9. The fourth-order valence-corrected chi connectivity index (χ4v) is 5.01. The maximum absolute atomic E-state index is 13.7. The molecule has 188 valence electrons. The standard InChI is InChI=1S/C27H22BrCl2N5O2/c1-15-3-8-20(9-4-15)34-26(36)24-16(2)33-27-31-14-32-35(27)25(24)21-11-18(28)6-10-23(21)37-13-17-5-7-19(29)12-22(17)30/h3-12,14,25H,13H2,1-2H3,(H,34,36)(H,31,32,33). The Morgan fingerprint density at radius 3 is 2.65 bits per heavy atom. The minimum absolute atomic E-state index is 0.216. The number of amides is 1.